The second-order valence-corrected chi connectivity index (χ2v) is 5.56. The highest BCUT2D eigenvalue weighted by Crippen LogP contribution is 2.17. The Labute approximate surface area is 116 Å². The molecule has 0 unspecified atom stereocenters. The highest BCUT2D eigenvalue weighted by atomic mass is 79.9. The lowest BCUT2D eigenvalue weighted by molar-refractivity contribution is -0.118. The van der Waals surface area contributed by atoms with E-state index in [1.165, 1.54) is 6.08 Å². The van der Waals surface area contributed by atoms with Gasteiger partial charge in [-0.05, 0) is 38.0 Å². The lowest BCUT2D eigenvalue weighted by Crippen LogP contribution is -2.43. The van der Waals surface area contributed by atoms with Crippen LogP contribution in [0.3, 0.4) is 0 Å². The zero-order valence-corrected chi connectivity index (χ0v) is 12.2. The lowest BCUT2D eigenvalue weighted by atomic mass is 10.0. The van der Waals surface area contributed by atoms with Crippen LogP contribution in [0.2, 0.25) is 0 Å². The molecule has 1 aromatic carbocycles. The van der Waals surface area contributed by atoms with Crippen LogP contribution in [0, 0.1) is 0 Å². The second-order valence-electron chi connectivity index (χ2n) is 4.70. The Morgan fingerprint density at radius 1 is 1.44 bits per heavy atom. The highest BCUT2D eigenvalue weighted by Gasteiger charge is 2.18. The van der Waals surface area contributed by atoms with E-state index in [4.69, 9.17) is 5.11 Å². The zero-order valence-electron chi connectivity index (χ0n) is 10.6. The number of carbonyl (C=O) groups is 1. The molecule has 0 aliphatic carbocycles. The number of halogens is 1. The van der Waals surface area contributed by atoms with Crippen LogP contribution in [0.1, 0.15) is 25.8 Å². The van der Waals surface area contributed by atoms with Gasteiger partial charge in [-0.2, -0.15) is 0 Å². The Kier molecular flexibility index (Phi) is 5.56. The molecule has 18 heavy (non-hydrogen) atoms. The van der Waals surface area contributed by atoms with Crippen LogP contribution < -0.4 is 5.32 Å². The first-order valence-electron chi connectivity index (χ1n) is 5.80. The summed E-state index contributed by atoms with van der Waals surface area (Å²) < 4.78 is 0.948. The molecule has 4 heteroatoms. The molecule has 2 N–H and O–H groups in total. The van der Waals surface area contributed by atoms with Gasteiger partial charge in [-0.3, -0.25) is 4.79 Å². The first-order chi connectivity index (χ1) is 8.44. The topological polar surface area (TPSA) is 49.3 Å². The normalized spacial score (nSPS) is 11.8. The molecule has 0 radical (unpaired) electrons. The van der Waals surface area contributed by atoms with Crippen LogP contribution in [0.4, 0.5) is 0 Å². The van der Waals surface area contributed by atoms with Gasteiger partial charge in [0.1, 0.15) is 0 Å². The molecule has 0 fully saturated rings. The molecular weight excluding hydrogens is 294 g/mol. The molecule has 0 atom stereocenters. The molecule has 0 aromatic heterocycles. The van der Waals surface area contributed by atoms with Crippen molar-refractivity contribution in [2.45, 2.75) is 25.8 Å². The fraction of sp³-hybridized carbons (Fsp3) is 0.357. The Balaban J connectivity index is 2.63. The molecule has 0 heterocycles. The number of aliphatic hydroxyl groups excluding tert-OH is 1. The molecule has 0 saturated heterocycles. The molecule has 98 valence electrons. The van der Waals surface area contributed by atoms with Crippen molar-refractivity contribution in [3.8, 4) is 0 Å². The van der Waals surface area contributed by atoms with Gasteiger partial charge in [-0.25, -0.2) is 0 Å². The quantitative estimate of drug-likeness (QED) is 0.821. The molecule has 1 aromatic rings. The smallest absolute Gasteiger partial charge is 0.244 e. The maximum atomic E-state index is 11.7. The van der Waals surface area contributed by atoms with E-state index in [0.29, 0.717) is 6.42 Å². The fourth-order valence-electron chi connectivity index (χ4n) is 1.49. The van der Waals surface area contributed by atoms with Crippen molar-refractivity contribution >= 4 is 27.9 Å². The van der Waals surface area contributed by atoms with Crippen molar-refractivity contribution in [1.29, 1.82) is 0 Å². The van der Waals surface area contributed by atoms with Crippen LogP contribution >= 0.6 is 15.9 Å². The predicted octanol–water partition coefficient (Wildman–Crippen LogP) is 2.74. The molecule has 1 rings (SSSR count). The lowest BCUT2D eigenvalue weighted by Gasteiger charge is -2.24. The largest absolute Gasteiger partial charge is 0.396 e. The number of benzene rings is 1. The minimum Gasteiger partial charge on any atom is -0.396 e. The molecule has 0 aliphatic rings. The average molecular weight is 312 g/mol. The number of rotatable bonds is 5. The van der Waals surface area contributed by atoms with Gasteiger partial charge >= 0.3 is 0 Å². The standard InChI is InChI=1S/C14H18BrNO2/c1-14(2,9-10-17)16-13(18)8-7-11-5-3-4-6-12(11)15/h3-8,17H,9-10H2,1-2H3,(H,16,18)/b8-7+. The van der Waals surface area contributed by atoms with Crippen molar-refractivity contribution in [2.75, 3.05) is 6.61 Å². The van der Waals surface area contributed by atoms with Gasteiger partial charge < -0.3 is 10.4 Å². The summed E-state index contributed by atoms with van der Waals surface area (Å²) in [5.41, 5.74) is 0.553. The fourth-order valence-corrected chi connectivity index (χ4v) is 1.91. The van der Waals surface area contributed by atoms with Crippen molar-refractivity contribution < 1.29 is 9.90 Å². The molecule has 0 spiro atoms. The van der Waals surface area contributed by atoms with E-state index in [1.807, 2.05) is 38.1 Å². The van der Waals surface area contributed by atoms with Crippen molar-refractivity contribution in [1.82, 2.24) is 5.32 Å². The molecule has 0 bridgehead atoms. The third kappa shape index (κ3) is 5.02. The summed E-state index contributed by atoms with van der Waals surface area (Å²) in [5, 5.41) is 11.7. The summed E-state index contributed by atoms with van der Waals surface area (Å²) >= 11 is 3.42. The molecule has 0 saturated carbocycles. The summed E-state index contributed by atoms with van der Waals surface area (Å²) in [6.07, 6.45) is 3.79. The number of nitrogens with one attached hydrogen (secondary N) is 1. The Bertz CT molecular complexity index is 441. The molecular formula is C14H18BrNO2. The zero-order chi connectivity index (χ0) is 13.6. The number of carbonyl (C=O) groups excluding carboxylic acids is 1. The van der Waals surface area contributed by atoms with Crippen molar-refractivity contribution in [2.24, 2.45) is 0 Å². The number of hydrogen-bond donors (Lipinski definition) is 2. The van der Waals surface area contributed by atoms with Crippen LogP contribution in [0.15, 0.2) is 34.8 Å². The minimum atomic E-state index is -0.399. The molecule has 1 amide bonds. The van der Waals surface area contributed by atoms with Gasteiger partial charge in [0.2, 0.25) is 5.91 Å². The molecule has 0 aliphatic heterocycles. The number of hydrogen-bond acceptors (Lipinski definition) is 2. The van der Waals surface area contributed by atoms with Crippen LogP contribution in [0.5, 0.6) is 0 Å². The summed E-state index contributed by atoms with van der Waals surface area (Å²) in [7, 11) is 0. The van der Waals surface area contributed by atoms with E-state index >= 15 is 0 Å². The second kappa shape index (κ2) is 6.71. The van der Waals surface area contributed by atoms with E-state index in [0.717, 1.165) is 10.0 Å². The summed E-state index contributed by atoms with van der Waals surface area (Å²) in [6, 6.07) is 7.68. The van der Waals surface area contributed by atoms with Gasteiger partial charge in [0.05, 0.1) is 0 Å². The van der Waals surface area contributed by atoms with Gasteiger partial charge in [0.25, 0.3) is 0 Å². The summed E-state index contributed by atoms with van der Waals surface area (Å²) in [4.78, 5) is 11.7. The van der Waals surface area contributed by atoms with E-state index < -0.39 is 5.54 Å². The van der Waals surface area contributed by atoms with Gasteiger partial charge in [0, 0.05) is 22.7 Å². The van der Waals surface area contributed by atoms with Crippen molar-refractivity contribution in [3.05, 3.63) is 40.4 Å². The predicted molar refractivity (Wildman–Crippen MR) is 77.1 cm³/mol. The third-order valence-electron chi connectivity index (χ3n) is 2.52. The average Bonchev–Trinajstić information content (AvgIpc) is 2.27. The third-order valence-corrected chi connectivity index (χ3v) is 3.24. The van der Waals surface area contributed by atoms with E-state index in [1.54, 1.807) is 6.08 Å². The van der Waals surface area contributed by atoms with E-state index in [-0.39, 0.29) is 12.5 Å². The molecule has 3 nitrogen and oxygen atoms in total. The van der Waals surface area contributed by atoms with E-state index in [2.05, 4.69) is 21.2 Å². The number of aliphatic hydroxyl groups is 1. The maximum absolute atomic E-state index is 11.7. The van der Waals surface area contributed by atoms with Gasteiger partial charge in [-0.1, -0.05) is 34.1 Å². The monoisotopic (exact) mass is 311 g/mol. The van der Waals surface area contributed by atoms with Crippen LogP contribution in [0.25, 0.3) is 6.08 Å². The maximum Gasteiger partial charge on any atom is 0.244 e. The van der Waals surface area contributed by atoms with Crippen LogP contribution in [-0.2, 0) is 4.79 Å². The number of amides is 1. The summed E-state index contributed by atoms with van der Waals surface area (Å²) in [5.74, 6) is -0.163. The van der Waals surface area contributed by atoms with E-state index in [9.17, 15) is 4.79 Å². The SMILES string of the molecule is CC(C)(CCO)NC(=O)/C=C/c1ccccc1Br. The van der Waals surface area contributed by atoms with Gasteiger partial charge in [-0.15, -0.1) is 0 Å². The Morgan fingerprint density at radius 3 is 2.72 bits per heavy atom. The highest BCUT2D eigenvalue weighted by molar-refractivity contribution is 9.10. The van der Waals surface area contributed by atoms with Crippen LogP contribution in [-0.4, -0.2) is 23.2 Å². The Hall–Kier alpha value is -1.13. The first-order valence-corrected chi connectivity index (χ1v) is 6.59. The summed E-state index contributed by atoms with van der Waals surface area (Å²) in [6.45, 7) is 3.82. The van der Waals surface area contributed by atoms with Crippen molar-refractivity contribution in [3.63, 3.8) is 0 Å². The minimum absolute atomic E-state index is 0.0568. The Morgan fingerprint density at radius 2 is 2.11 bits per heavy atom. The first kappa shape index (κ1) is 14.9. The van der Waals surface area contributed by atoms with Gasteiger partial charge in [0.15, 0.2) is 0 Å².